The fourth-order valence-electron chi connectivity index (χ4n) is 4.57. The van der Waals surface area contributed by atoms with E-state index in [1.807, 2.05) is 49.4 Å². The molecular formula is C29H27N3O4. The second-order valence-corrected chi connectivity index (χ2v) is 9.15. The van der Waals surface area contributed by atoms with Crippen molar-refractivity contribution in [2.24, 2.45) is 11.8 Å². The number of anilines is 1. The minimum absolute atomic E-state index is 0.102. The Labute approximate surface area is 209 Å². The molecule has 3 aromatic carbocycles. The number of benzene rings is 3. The highest BCUT2D eigenvalue weighted by molar-refractivity contribution is 6.04. The van der Waals surface area contributed by atoms with Crippen molar-refractivity contribution in [2.75, 3.05) is 5.32 Å². The van der Waals surface area contributed by atoms with Gasteiger partial charge in [-0.05, 0) is 67.6 Å². The summed E-state index contributed by atoms with van der Waals surface area (Å²) in [6, 6.07) is 24.7. The third-order valence-corrected chi connectivity index (χ3v) is 6.54. The maximum atomic E-state index is 12.7. The average Bonchev–Trinajstić information content (AvgIpc) is 3.67. The molecule has 7 nitrogen and oxygen atoms in total. The van der Waals surface area contributed by atoms with Gasteiger partial charge in [0.05, 0.1) is 16.8 Å². The van der Waals surface area contributed by atoms with Crippen LogP contribution in [0.25, 0.3) is 10.9 Å². The number of carbonyl (C=O) groups is 2. The summed E-state index contributed by atoms with van der Waals surface area (Å²) in [7, 11) is 0. The van der Waals surface area contributed by atoms with Gasteiger partial charge in [-0.15, -0.1) is 0 Å². The highest BCUT2D eigenvalue weighted by atomic mass is 16.5. The number of carbonyl (C=O) groups excluding carboxylic acids is 2. The molecule has 1 aromatic heterocycles. The third kappa shape index (κ3) is 5.21. The number of para-hydroxylation sites is 2. The van der Waals surface area contributed by atoms with Gasteiger partial charge in [0.25, 0.3) is 5.91 Å². The highest BCUT2D eigenvalue weighted by Crippen LogP contribution is 2.42. The minimum Gasteiger partial charge on any atom is -0.489 e. The van der Waals surface area contributed by atoms with E-state index in [0.29, 0.717) is 12.3 Å². The van der Waals surface area contributed by atoms with Crippen LogP contribution >= 0.6 is 0 Å². The molecule has 1 fully saturated rings. The highest BCUT2D eigenvalue weighted by Gasteiger charge is 2.42. The van der Waals surface area contributed by atoms with Crippen LogP contribution in [0.5, 0.6) is 5.75 Å². The molecule has 0 bridgehead atoms. The summed E-state index contributed by atoms with van der Waals surface area (Å²) in [5.41, 5.74) is 6.40. The predicted octanol–water partition coefficient (Wildman–Crippen LogP) is 5.06. The minimum atomic E-state index is -0.659. The number of amides is 2. The van der Waals surface area contributed by atoms with Crippen LogP contribution in [0.3, 0.4) is 0 Å². The number of hydroxylamine groups is 1. The molecular weight excluding hydrogens is 454 g/mol. The van der Waals surface area contributed by atoms with Gasteiger partial charge in [0, 0.05) is 22.6 Å². The summed E-state index contributed by atoms with van der Waals surface area (Å²) >= 11 is 0. The Morgan fingerprint density at radius 1 is 1.03 bits per heavy atom. The summed E-state index contributed by atoms with van der Waals surface area (Å²) in [5.74, 6) is 0.170. The second kappa shape index (κ2) is 10.2. The SMILES string of the molecule is Cc1cc(COc2ccc(C[C@@H]3C[C@@H]3C(=O)Nc3ccccc3C(=O)NO)cc2)c2ccccc2n1. The lowest BCUT2D eigenvalue weighted by atomic mass is 10.1. The first-order chi connectivity index (χ1) is 17.5. The van der Waals surface area contributed by atoms with Crippen LogP contribution in [0, 0.1) is 18.8 Å². The summed E-state index contributed by atoms with van der Waals surface area (Å²) in [5, 5.41) is 12.8. The molecule has 0 radical (unpaired) electrons. The monoisotopic (exact) mass is 481 g/mol. The summed E-state index contributed by atoms with van der Waals surface area (Å²) in [4.78, 5) is 29.1. The van der Waals surface area contributed by atoms with Crippen LogP contribution < -0.4 is 15.5 Å². The lowest BCUT2D eigenvalue weighted by molar-refractivity contribution is -0.117. The molecule has 5 rings (SSSR count). The van der Waals surface area contributed by atoms with Gasteiger partial charge < -0.3 is 10.1 Å². The van der Waals surface area contributed by atoms with Crippen molar-refractivity contribution in [3.63, 3.8) is 0 Å². The van der Waals surface area contributed by atoms with E-state index in [-0.39, 0.29) is 23.3 Å². The maximum absolute atomic E-state index is 12.7. The lowest BCUT2D eigenvalue weighted by Gasteiger charge is -2.11. The number of fused-ring (bicyclic) bond motifs is 1. The number of hydrogen-bond acceptors (Lipinski definition) is 5. The van der Waals surface area contributed by atoms with Crippen molar-refractivity contribution in [3.8, 4) is 5.75 Å². The first kappa shape index (κ1) is 23.5. The van der Waals surface area contributed by atoms with Crippen LogP contribution in [-0.4, -0.2) is 22.0 Å². The van der Waals surface area contributed by atoms with Gasteiger partial charge in [-0.25, -0.2) is 5.48 Å². The Bertz CT molecular complexity index is 1420. The zero-order chi connectivity index (χ0) is 25.1. The van der Waals surface area contributed by atoms with Gasteiger partial charge in [-0.3, -0.25) is 19.8 Å². The summed E-state index contributed by atoms with van der Waals surface area (Å²) in [6.07, 6.45) is 1.60. The van der Waals surface area contributed by atoms with E-state index in [4.69, 9.17) is 9.94 Å². The number of rotatable bonds is 8. The van der Waals surface area contributed by atoms with Crippen molar-refractivity contribution in [3.05, 3.63) is 101 Å². The van der Waals surface area contributed by atoms with Crippen LogP contribution in [0.4, 0.5) is 5.69 Å². The predicted molar refractivity (Wildman–Crippen MR) is 137 cm³/mol. The molecule has 36 heavy (non-hydrogen) atoms. The number of aromatic nitrogens is 1. The van der Waals surface area contributed by atoms with Gasteiger partial charge in [-0.2, -0.15) is 0 Å². The van der Waals surface area contributed by atoms with E-state index < -0.39 is 5.91 Å². The van der Waals surface area contributed by atoms with Crippen LogP contribution in [0.1, 0.15) is 33.6 Å². The fourth-order valence-corrected chi connectivity index (χ4v) is 4.57. The van der Waals surface area contributed by atoms with Crippen molar-refractivity contribution in [2.45, 2.75) is 26.4 Å². The zero-order valence-corrected chi connectivity index (χ0v) is 19.9. The molecule has 1 aliphatic carbocycles. The van der Waals surface area contributed by atoms with Gasteiger partial charge in [-0.1, -0.05) is 42.5 Å². The van der Waals surface area contributed by atoms with Crippen molar-refractivity contribution in [1.29, 1.82) is 0 Å². The average molecular weight is 482 g/mol. The number of hydrogen-bond donors (Lipinski definition) is 3. The Kier molecular flexibility index (Phi) is 6.64. The molecule has 4 aromatic rings. The van der Waals surface area contributed by atoms with E-state index in [1.165, 1.54) is 0 Å². The summed E-state index contributed by atoms with van der Waals surface area (Å²) in [6.45, 7) is 2.45. The number of pyridine rings is 1. The molecule has 0 aliphatic heterocycles. The van der Waals surface area contributed by atoms with Crippen molar-refractivity contribution in [1.82, 2.24) is 10.5 Å². The Morgan fingerprint density at radius 2 is 1.78 bits per heavy atom. The molecule has 182 valence electrons. The molecule has 2 atom stereocenters. The molecule has 1 aliphatic rings. The Hall–Kier alpha value is -4.23. The largest absolute Gasteiger partial charge is 0.489 e. The van der Waals surface area contributed by atoms with Crippen LogP contribution in [0.15, 0.2) is 78.9 Å². The van der Waals surface area contributed by atoms with E-state index >= 15 is 0 Å². The normalized spacial score (nSPS) is 16.4. The first-order valence-corrected chi connectivity index (χ1v) is 11.9. The quantitative estimate of drug-likeness (QED) is 0.241. The first-order valence-electron chi connectivity index (χ1n) is 11.9. The Morgan fingerprint density at radius 3 is 2.58 bits per heavy atom. The van der Waals surface area contributed by atoms with Crippen molar-refractivity contribution < 1.29 is 19.5 Å². The number of aryl methyl sites for hydroxylation is 1. The fraction of sp³-hybridized carbons (Fsp3) is 0.207. The van der Waals surface area contributed by atoms with Gasteiger partial charge in [0.15, 0.2) is 0 Å². The number of ether oxygens (including phenoxy) is 1. The molecule has 1 heterocycles. The maximum Gasteiger partial charge on any atom is 0.276 e. The second-order valence-electron chi connectivity index (χ2n) is 9.15. The molecule has 1 saturated carbocycles. The van der Waals surface area contributed by atoms with Crippen molar-refractivity contribution >= 4 is 28.4 Å². The zero-order valence-electron chi connectivity index (χ0n) is 19.9. The van der Waals surface area contributed by atoms with Gasteiger partial charge >= 0.3 is 0 Å². The van der Waals surface area contributed by atoms with E-state index in [0.717, 1.165) is 46.3 Å². The standard InChI is InChI=1S/C29H27N3O4/c1-18-14-21(23-6-2-4-8-26(23)30-18)17-36-22-12-10-19(11-13-22)15-20-16-25(20)28(33)31-27-9-5-3-7-24(27)29(34)32-35/h2-14,20,25,35H,15-17H2,1H3,(H,31,33)(H,32,34)/t20-,25+/m1/s1. The Balaban J connectivity index is 1.16. The van der Waals surface area contributed by atoms with E-state index in [1.54, 1.807) is 29.7 Å². The summed E-state index contributed by atoms with van der Waals surface area (Å²) < 4.78 is 6.05. The van der Waals surface area contributed by atoms with Crippen LogP contribution in [0.2, 0.25) is 0 Å². The molecule has 0 unspecified atom stereocenters. The molecule has 2 amide bonds. The molecule has 7 heteroatoms. The van der Waals surface area contributed by atoms with E-state index in [9.17, 15) is 9.59 Å². The topological polar surface area (TPSA) is 101 Å². The number of nitrogens with zero attached hydrogens (tertiary/aromatic N) is 1. The number of nitrogens with one attached hydrogen (secondary N) is 2. The van der Waals surface area contributed by atoms with E-state index in [2.05, 4.69) is 22.4 Å². The van der Waals surface area contributed by atoms with Gasteiger partial charge in [0.1, 0.15) is 12.4 Å². The molecule has 0 saturated heterocycles. The third-order valence-electron chi connectivity index (χ3n) is 6.54. The molecule has 0 spiro atoms. The van der Waals surface area contributed by atoms with Gasteiger partial charge in [0.2, 0.25) is 5.91 Å². The smallest absolute Gasteiger partial charge is 0.276 e. The molecule has 3 N–H and O–H groups in total. The van der Waals surface area contributed by atoms with Crippen LogP contribution in [-0.2, 0) is 17.8 Å². The lowest BCUT2D eigenvalue weighted by Crippen LogP contribution is -2.22.